The van der Waals surface area contributed by atoms with E-state index in [1.165, 1.54) is 12.2 Å². The van der Waals surface area contributed by atoms with E-state index in [0.717, 1.165) is 0 Å². The van der Waals surface area contributed by atoms with Crippen molar-refractivity contribution in [1.82, 2.24) is 0 Å². The summed E-state index contributed by atoms with van der Waals surface area (Å²) in [7, 11) is 0. The Kier molecular flexibility index (Phi) is 2.90. The van der Waals surface area contributed by atoms with Gasteiger partial charge in [0.15, 0.2) is 5.84 Å². The molecule has 6 nitrogen and oxygen atoms in total. The van der Waals surface area contributed by atoms with Crippen LogP contribution in [0.25, 0.3) is 0 Å². The van der Waals surface area contributed by atoms with Gasteiger partial charge in [0.2, 0.25) is 0 Å². The molecule has 1 rings (SSSR count). The van der Waals surface area contributed by atoms with Gasteiger partial charge in [-0.2, -0.15) is 4.99 Å². The molecule has 70 valence electrons. The summed E-state index contributed by atoms with van der Waals surface area (Å²) in [4.78, 5) is 27.8. The second kappa shape index (κ2) is 4.13. The van der Waals surface area contributed by atoms with Gasteiger partial charge in [-0.15, -0.1) is 10.2 Å². The Labute approximate surface area is 79.5 Å². The molecule has 0 unspecified atom stereocenters. The predicted octanol–water partition coefficient (Wildman–Crippen LogP) is 0.674. The summed E-state index contributed by atoms with van der Waals surface area (Å²) in [5.41, 5.74) is 0.449. The van der Waals surface area contributed by atoms with Crippen molar-refractivity contribution >= 4 is 24.4 Å². The van der Waals surface area contributed by atoms with Gasteiger partial charge in [0, 0.05) is 0 Å². The number of carbonyl (C=O) groups is 2. The van der Waals surface area contributed by atoms with E-state index in [-0.39, 0.29) is 5.84 Å². The second-order valence-electron chi connectivity index (χ2n) is 2.26. The Balaban J connectivity index is 2.81. The first-order valence-electron chi connectivity index (χ1n) is 3.56. The van der Waals surface area contributed by atoms with Crippen molar-refractivity contribution in [2.45, 2.75) is 0 Å². The topological polar surface area (TPSA) is 83.6 Å². The first-order chi connectivity index (χ1) is 6.63. The van der Waals surface area contributed by atoms with Crippen LogP contribution >= 0.6 is 0 Å². The lowest BCUT2D eigenvalue weighted by Gasteiger charge is -1.96. The standard InChI is InChI=1S/C8H6N4O2/c1-5-3-4-6(12-11-5)10-8(14)7(13)9-2/h3-4H,1-2H2/b10-6-. The molecule has 2 amide bonds. The summed E-state index contributed by atoms with van der Waals surface area (Å²) in [6, 6.07) is 0. The number of rotatable bonds is 0. The molecule has 0 saturated heterocycles. The van der Waals surface area contributed by atoms with Crippen LogP contribution in [0.2, 0.25) is 0 Å². The molecule has 1 aliphatic rings. The van der Waals surface area contributed by atoms with Crippen LogP contribution in [0.3, 0.4) is 0 Å². The Hall–Kier alpha value is -2.24. The van der Waals surface area contributed by atoms with Crippen LogP contribution in [0.5, 0.6) is 0 Å². The van der Waals surface area contributed by atoms with Crippen LogP contribution in [0, 0.1) is 0 Å². The second-order valence-corrected chi connectivity index (χ2v) is 2.26. The fourth-order valence-electron chi connectivity index (χ4n) is 0.632. The van der Waals surface area contributed by atoms with E-state index < -0.39 is 11.8 Å². The van der Waals surface area contributed by atoms with Crippen LogP contribution in [-0.2, 0) is 9.59 Å². The van der Waals surface area contributed by atoms with Gasteiger partial charge in [0.05, 0.1) is 5.70 Å². The van der Waals surface area contributed by atoms with Gasteiger partial charge in [-0.25, -0.2) is 4.99 Å². The molecule has 14 heavy (non-hydrogen) atoms. The van der Waals surface area contributed by atoms with Crippen molar-refractivity contribution in [2.24, 2.45) is 20.2 Å². The summed E-state index contributed by atoms with van der Waals surface area (Å²) in [6.45, 7) is 6.41. The van der Waals surface area contributed by atoms with Gasteiger partial charge in [0.1, 0.15) is 0 Å². The van der Waals surface area contributed by atoms with Crippen LogP contribution in [0.15, 0.2) is 44.6 Å². The number of nitrogens with zero attached hydrogens (tertiary/aromatic N) is 4. The monoisotopic (exact) mass is 190 g/mol. The summed E-state index contributed by atoms with van der Waals surface area (Å²) in [5, 5.41) is 7.07. The van der Waals surface area contributed by atoms with E-state index in [1.54, 1.807) is 0 Å². The summed E-state index contributed by atoms with van der Waals surface area (Å²) in [6.07, 6.45) is 2.94. The molecule has 0 N–H and O–H groups in total. The quantitative estimate of drug-likeness (QED) is 0.415. The van der Waals surface area contributed by atoms with Crippen LogP contribution in [0.1, 0.15) is 0 Å². The predicted molar refractivity (Wildman–Crippen MR) is 50.1 cm³/mol. The Bertz CT molecular complexity index is 386. The molecule has 6 heteroatoms. The smallest absolute Gasteiger partial charge is 0.261 e. The highest BCUT2D eigenvalue weighted by Crippen LogP contribution is 2.04. The van der Waals surface area contributed by atoms with E-state index in [2.05, 4.69) is 33.5 Å². The molecular weight excluding hydrogens is 184 g/mol. The normalized spacial score (nSPS) is 17.1. The number of aliphatic imine (C=N–C) groups is 2. The first kappa shape index (κ1) is 9.85. The average Bonchev–Trinajstić information content (AvgIpc) is 2.20. The van der Waals surface area contributed by atoms with Gasteiger partial charge in [-0.05, 0) is 18.9 Å². The molecule has 0 aliphatic carbocycles. The zero-order chi connectivity index (χ0) is 10.6. The Morgan fingerprint density at radius 1 is 1.21 bits per heavy atom. The lowest BCUT2D eigenvalue weighted by Crippen LogP contribution is -2.10. The molecule has 0 aromatic heterocycles. The molecule has 0 bridgehead atoms. The van der Waals surface area contributed by atoms with Crippen LogP contribution in [-0.4, -0.2) is 24.4 Å². The van der Waals surface area contributed by atoms with Crippen LogP contribution in [0.4, 0.5) is 0 Å². The lowest BCUT2D eigenvalue weighted by atomic mass is 10.4. The maximum absolute atomic E-state index is 10.9. The lowest BCUT2D eigenvalue weighted by molar-refractivity contribution is -0.134. The largest absolute Gasteiger partial charge is 0.339 e. The summed E-state index contributed by atoms with van der Waals surface area (Å²) >= 11 is 0. The fraction of sp³-hybridized carbons (Fsp3) is 0. The Morgan fingerprint density at radius 2 is 1.93 bits per heavy atom. The molecule has 0 aromatic carbocycles. The number of amides is 2. The zero-order valence-corrected chi connectivity index (χ0v) is 7.17. The van der Waals surface area contributed by atoms with Crippen molar-refractivity contribution in [3.05, 3.63) is 24.4 Å². The molecule has 1 heterocycles. The van der Waals surface area contributed by atoms with Gasteiger partial charge < -0.3 is 0 Å². The van der Waals surface area contributed by atoms with Gasteiger partial charge >= 0.3 is 11.8 Å². The third-order valence-electron chi connectivity index (χ3n) is 1.25. The van der Waals surface area contributed by atoms with E-state index in [9.17, 15) is 9.59 Å². The number of amidine groups is 1. The molecular formula is C8H6N4O2. The first-order valence-corrected chi connectivity index (χ1v) is 3.56. The Morgan fingerprint density at radius 3 is 2.43 bits per heavy atom. The zero-order valence-electron chi connectivity index (χ0n) is 7.17. The summed E-state index contributed by atoms with van der Waals surface area (Å²) in [5.74, 6) is -2.00. The number of carbonyl (C=O) groups excluding carboxylic acids is 2. The minimum atomic E-state index is -1.02. The number of hydrogen-bond donors (Lipinski definition) is 0. The minimum absolute atomic E-state index is 0.0411. The van der Waals surface area contributed by atoms with Crippen molar-refractivity contribution in [1.29, 1.82) is 0 Å². The van der Waals surface area contributed by atoms with E-state index in [1.807, 2.05) is 0 Å². The third kappa shape index (κ3) is 2.37. The van der Waals surface area contributed by atoms with Crippen molar-refractivity contribution in [2.75, 3.05) is 0 Å². The third-order valence-corrected chi connectivity index (χ3v) is 1.25. The average molecular weight is 190 g/mol. The van der Waals surface area contributed by atoms with Crippen LogP contribution < -0.4 is 0 Å². The highest BCUT2D eigenvalue weighted by atomic mass is 16.2. The molecule has 0 atom stereocenters. The van der Waals surface area contributed by atoms with E-state index in [4.69, 9.17) is 0 Å². The highest BCUT2D eigenvalue weighted by molar-refractivity contribution is 6.38. The molecule has 0 radical (unpaired) electrons. The van der Waals surface area contributed by atoms with Gasteiger partial charge in [-0.3, -0.25) is 9.59 Å². The molecule has 0 aromatic rings. The fourth-order valence-corrected chi connectivity index (χ4v) is 0.632. The van der Waals surface area contributed by atoms with Gasteiger partial charge in [0.25, 0.3) is 0 Å². The molecule has 0 spiro atoms. The maximum Gasteiger partial charge on any atom is 0.339 e. The molecule has 1 aliphatic heterocycles. The number of azo groups is 1. The molecule has 0 saturated carbocycles. The number of hydrogen-bond acceptors (Lipinski definition) is 3. The highest BCUT2D eigenvalue weighted by Gasteiger charge is 2.11. The van der Waals surface area contributed by atoms with E-state index in [0.29, 0.717) is 5.70 Å². The minimum Gasteiger partial charge on any atom is -0.261 e. The van der Waals surface area contributed by atoms with Gasteiger partial charge in [-0.1, -0.05) is 6.58 Å². The van der Waals surface area contributed by atoms with E-state index >= 15 is 0 Å². The molecule has 0 fully saturated rings. The maximum atomic E-state index is 10.9. The SMILES string of the molecule is C=NC(=O)C(=O)/N=C1/C=CC(=C)N=N1. The number of allylic oxidation sites excluding steroid dienone is 1. The van der Waals surface area contributed by atoms with Crippen molar-refractivity contribution in [3.8, 4) is 0 Å². The summed E-state index contributed by atoms with van der Waals surface area (Å²) < 4.78 is 0. The van der Waals surface area contributed by atoms with Crippen molar-refractivity contribution in [3.63, 3.8) is 0 Å². The van der Waals surface area contributed by atoms with Crippen molar-refractivity contribution < 1.29 is 9.59 Å².